The van der Waals surface area contributed by atoms with Gasteiger partial charge < -0.3 is 18.8 Å². The Bertz CT molecular complexity index is 1410. The van der Waals surface area contributed by atoms with Crippen LogP contribution in [0.5, 0.6) is 11.5 Å². The van der Waals surface area contributed by atoms with Gasteiger partial charge in [-0.1, -0.05) is 55.5 Å². The monoisotopic (exact) mass is 455 g/mol. The van der Waals surface area contributed by atoms with Crippen LogP contribution in [-0.2, 0) is 6.61 Å². The van der Waals surface area contributed by atoms with Crippen LogP contribution in [0.4, 0.5) is 0 Å². The standard InChI is InChI=1S/C28H25NO5/c1-3-15-29-25(24-26(30)20-11-7-8-12-21(20)34-27(24)28(29)31)19-13-14-22(23(16-19)32-2)33-17-18-9-5-4-6-10-18/h4-14,16,25H,3,15,17H2,1-2H3. The molecule has 0 saturated carbocycles. The maximum absolute atomic E-state index is 13.5. The van der Waals surface area contributed by atoms with Gasteiger partial charge in [0.2, 0.25) is 5.76 Å². The first-order chi connectivity index (χ1) is 16.6. The third kappa shape index (κ3) is 3.71. The summed E-state index contributed by atoms with van der Waals surface area (Å²) in [5, 5.41) is 0.465. The second-order valence-corrected chi connectivity index (χ2v) is 8.26. The van der Waals surface area contributed by atoms with E-state index in [9.17, 15) is 9.59 Å². The first-order valence-electron chi connectivity index (χ1n) is 11.3. The predicted molar refractivity (Wildman–Crippen MR) is 129 cm³/mol. The normalized spacial score (nSPS) is 14.9. The molecule has 34 heavy (non-hydrogen) atoms. The van der Waals surface area contributed by atoms with Crippen LogP contribution in [0.1, 0.15) is 46.6 Å². The third-order valence-electron chi connectivity index (χ3n) is 6.08. The fraction of sp³-hybridized carbons (Fsp3) is 0.214. The van der Waals surface area contributed by atoms with Gasteiger partial charge in [0.25, 0.3) is 5.91 Å². The molecule has 5 rings (SSSR count). The second-order valence-electron chi connectivity index (χ2n) is 8.26. The number of rotatable bonds is 7. The number of amides is 1. The number of ether oxygens (including phenoxy) is 2. The number of para-hydroxylation sites is 1. The number of carbonyl (C=O) groups is 1. The molecule has 1 aromatic heterocycles. The van der Waals surface area contributed by atoms with Crippen molar-refractivity contribution in [3.63, 3.8) is 0 Å². The molecule has 0 aliphatic carbocycles. The number of nitrogens with zero attached hydrogens (tertiary/aromatic N) is 1. The van der Waals surface area contributed by atoms with Crippen molar-refractivity contribution in [2.75, 3.05) is 13.7 Å². The molecule has 3 aromatic carbocycles. The molecule has 0 N–H and O–H groups in total. The fourth-order valence-corrected chi connectivity index (χ4v) is 4.49. The molecule has 1 aliphatic rings. The Morgan fingerprint density at radius 2 is 1.71 bits per heavy atom. The smallest absolute Gasteiger partial charge is 0.290 e. The van der Waals surface area contributed by atoms with E-state index in [1.807, 2.05) is 55.5 Å². The number of benzene rings is 3. The van der Waals surface area contributed by atoms with Crippen LogP contribution in [0.3, 0.4) is 0 Å². The highest BCUT2D eigenvalue weighted by molar-refractivity contribution is 5.99. The highest BCUT2D eigenvalue weighted by Gasteiger charge is 2.42. The SMILES string of the molecule is CCCN1C(=O)c2oc3ccccc3c(=O)c2C1c1ccc(OCc2ccccc2)c(OC)c1. The van der Waals surface area contributed by atoms with Gasteiger partial charge in [-0.2, -0.15) is 0 Å². The van der Waals surface area contributed by atoms with Crippen molar-refractivity contribution in [2.45, 2.75) is 26.0 Å². The van der Waals surface area contributed by atoms with Crippen LogP contribution in [0.25, 0.3) is 11.0 Å². The average Bonchev–Trinajstić information content (AvgIpc) is 3.15. The van der Waals surface area contributed by atoms with Gasteiger partial charge in [-0.25, -0.2) is 0 Å². The highest BCUT2D eigenvalue weighted by Crippen LogP contribution is 2.41. The molecule has 0 radical (unpaired) electrons. The first kappa shape index (κ1) is 21.8. The summed E-state index contributed by atoms with van der Waals surface area (Å²) >= 11 is 0. The average molecular weight is 456 g/mol. The van der Waals surface area contributed by atoms with Crippen molar-refractivity contribution in [3.05, 3.63) is 105 Å². The molecule has 4 aromatic rings. The lowest BCUT2D eigenvalue weighted by atomic mass is 9.98. The lowest BCUT2D eigenvalue weighted by Gasteiger charge is -2.25. The van der Waals surface area contributed by atoms with Gasteiger partial charge in [-0.05, 0) is 41.8 Å². The van der Waals surface area contributed by atoms with E-state index in [0.29, 0.717) is 41.2 Å². The topological polar surface area (TPSA) is 69.0 Å². The molecule has 0 bridgehead atoms. The number of fused-ring (bicyclic) bond motifs is 2. The molecule has 0 fully saturated rings. The van der Waals surface area contributed by atoms with Gasteiger partial charge in [0.1, 0.15) is 12.2 Å². The van der Waals surface area contributed by atoms with E-state index < -0.39 is 6.04 Å². The minimum Gasteiger partial charge on any atom is -0.493 e. The van der Waals surface area contributed by atoms with Crippen LogP contribution in [0, 0.1) is 0 Å². The van der Waals surface area contributed by atoms with Gasteiger partial charge in [0.15, 0.2) is 16.9 Å². The quantitative estimate of drug-likeness (QED) is 0.376. The van der Waals surface area contributed by atoms with Crippen molar-refractivity contribution in [1.29, 1.82) is 0 Å². The Morgan fingerprint density at radius 1 is 0.941 bits per heavy atom. The number of hydrogen-bond acceptors (Lipinski definition) is 5. The Hall–Kier alpha value is -4.06. The molecule has 1 amide bonds. The summed E-state index contributed by atoms with van der Waals surface area (Å²) in [4.78, 5) is 28.5. The van der Waals surface area contributed by atoms with Crippen LogP contribution in [0.15, 0.2) is 82.0 Å². The van der Waals surface area contributed by atoms with Crippen LogP contribution in [-0.4, -0.2) is 24.5 Å². The minimum absolute atomic E-state index is 0.116. The van der Waals surface area contributed by atoms with Gasteiger partial charge in [-0.3, -0.25) is 9.59 Å². The molecule has 1 atom stereocenters. The zero-order valence-corrected chi connectivity index (χ0v) is 19.1. The Kier molecular flexibility index (Phi) is 5.80. The Balaban J connectivity index is 1.57. The number of carbonyl (C=O) groups excluding carboxylic acids is 1. The summed E-state index contributed by atoms with van der Waals surface area (Å²) < 4.78 is 17.6. The highest BCUT2D eigenvalue weighted by atomic mass is 16.5. The maximum atomic E-state index is 13.5. The fourth-order valence-electron chi connectivity index (χ4n) is 4.49. The van der Waals surface area contributed by atoms with E-state index in [0.717, 1.165) is 17.5 Å². The summed E-state index contributed by atoms with van der Waals surface area (Å²) in [6, 6.07) is 21.9. The van der Waals surface area contributed by atoms with Gasteiger partial charge in [0.05, 0.1) is 24.1 Å². The molecule has 1 aliphatic heterocycles. The summed E-state index contributed by atoms with van der Waals surface area (Å²) in [7, 11) is 1.58. The molecular formula is C28H25NO5. The van der Waals surface area contributed by atoms with E-state index in [1.165, 1.54) is 0 Å². The third-order valence-corrected chi connectivity index (χ3v) is 6.08. The van der Waals surface area contributed by atoms with E-state index in [1.54, 1.807) is 36.3 Å². The van der Waals surface area contributed by atoms with Crippen molar-refractivity contribution in [1.82, 2.24) is 4.90 Å². The molecule has 0 saturated heterocycles. The van der Waals surface area contributed by atoms with Crippen molar-refractivity contribution < 1.29 is 18.7 Å². The molecule has 6 nitrogen and oxygen atoms in total. The van der Waals surface area contributed by atoms with E-state index in [2.05, 4.69) is 0 Å². The van der Waals surface area contributed by atoms with Gasteiger partial charge in [0, 0.05) is 6.54 Å². The zero-order chi connectivity index (χ0) is 23.7. The molecule has 6 heteroatoms. The number of methoxy groups -OCH3 is 1. The van der Waals surface area contributed by atoms with Crippen molar-refractivity contribution >= 4 is 16.9 Å². The second kappa shape index (κ2) is 9.06. The first-order valence-corrected chi connectivity index (χ1v) is 11.3. The van der Waals surface area contributed by atoms with Crippen LogP contribution >= 0.6 is 0 Å². The van der Waals surface area contributed by atoms with Crippen molar-refractivity contribution in [2.24, 2.45) is 0 Å². The summed E-state index contributed by atoms with van der Waals surface area (Å²) in [5.41, 5.74) is 2.42. The molecule has 172 valence electrons. The van der Waals surface area contributed by atoms with Crippen LogP contribution < -0.4 is 14.9 Å². The Morgan fingerprint density at radius 3 is 2.47 bits per heavy atom. The molecule has 0 spiro atoms. The van der Waals surface area contributed by atoms with E-state index in [-0.39, 0.29) is 17.1 Å². The molecule has 2 heterocycles. The van der Waals surface area contributed by atoms with Crippen molar-refractivity contribution in [3.8, 4) is 11.5 Å². The zero-order valence-electron chi connectivity index (χ0n) is 19.1. The van der Waals surface area contributed by atoms with Gasteiger partial charge in [-0.15, -0.1) is 0 Å². The van der Waals surface area contributed by atoms with Gasteiger partial charge >= 0.3 is 0 Å². The lowest BCUT2D eigenvalue weighted by Crippen LogP contribution is -2.30. The summed E-state index contributed by atoms with van der Waals surface area (Å²) in [6.45, 7) is 2.90. The lowest BCUT2D eigenvalue weighted by molar-refractivity contribution is 0.0728. The minimum atomic E-state index is -0.555. The maximum Gasteiger partial charge on any atom is 0.290 e. The number of hydrogen-bond donors (Lipinski definition) is 0. The van der Waals surface area contributed by atoms with E-state index in [4.69, 9.17) is 13.9 Å². The summed E-state index contributed by atoms with van der Waals surface area (Å²) in [6.07, 6.45) is 0.749. The largest absolute Gasteiger partial charge is 0.493 e. The molecule has 1 unspecified atom stereocenters. The Labute approximate surface area is 197 Å². The molecular weight excluding hydrogens is 430 g/mol. The summed E-state index contributed by atoms with van der Waals surface area (Å²) in [5.74, 6) is 0.974. The van der Waals surface area contributed by atoms with E-state index >= 15 is 0 Å². The predicted octanol–water partition coefficient (Wildman–Crippen LogP) is 5.34. The van der Waals surface area contributed by atoms with Crippen LogP contribution in [0.2, 0.25) is 0 Å².